The Morgan fingerprint density at radius 1 is 1.47 bits per heavy atom. The molecule has 1 saturated heterocycles. The second-order valence-corrected chi connectivity index (χ2v) is 4.08. The largest absolute Gasteiger partial charge is 0.481 e. The number of benzene rings is 1. The number of anilines is 1. The molecule has 90 valence electrons. The quantitative estimate of drug-likeness (QED) is 0.801. The van der Waals surface area contributed by atoms with Gasteiger partial charge in [0.1, 0.15) is 0 Å². The van der Waals surface area contributed by atoms with Crippen LogP contribution in [0.25, 0.3) is 0 Å². The van der Waals surface area contributed by atoms with E-state index < -0.39 is 11.9 Å². The SMILES string of the molecule is NCc1ccccc1N1CC(C(=O)O)CC1=O. The minimum absolute atomic E-state index is 0.0637. The van der Waals surface area contributed by atoms with Gasteiger partial charge in [-0.15, -0.1) is 0 Å². The third kappa shape index (κ3) is 2.14. The second-order valence-electron chi connectivity index (χ2n) is 4.08. The van der Waals surface area contributed by atoms with Crippen LogP contribution in [0.15, 0.2) is 24.3 Å². The fraction of sp³-hybridized carbons (Fsp3) is 0.333. The van der Waals surface area contributed by atoms with E-state index in [1.165, 1.54) is 4.90 Å². The molecule has 17 heavy (non-hydrogen) atoms. The molecule has 2 rings (SSSR count). The van der Waals surface area contributed by atoms with Crippen LogP contribution in [0.5, 0.6) is 0 Å². The normalized spacial score (nSPS) is 19.7. The Labute approximate surface area is 98.8 Å². The molecule has 1 aromatic rings. The lowest BCUT2D eigenvalue weighted by Crippen LogP contribution is -2.27. The summed E-state index contributed by atoms with van der Waals surface area (Å²) < 4.78 is 0. The molecule has 1 fully saturated rings. The van der Waals surface area contributed by atoms with Crippen LogP contribution in [-0.2, 0) is 16.1 Å². The number of hydrogen-bond donors (Lipinski definition) is 2. The lowest BCUT2D eigenvalue weighted by molar-refractivity contribution is -0.141. The number of nitrogens with two attached hydrogens (primary N) is 1. The number of carbonyl (C=O) groups is 2. The van der Waals surface area contributed by atoms with Crippen LogP contribution in [-0.4, -0.2) is 23.5 Å². The summed E-state index contributed by atoms with van der Waals surface area (Å²) >= 11 is 0. The van der Waals surface area contributed by atoms with Crippen molar-refractivity contribution in [2.75, 3.05) is 11.4 Å². The molecule has 1 heterocycles. The molecule has 5 heteroatoms. The lowest BCUT2D eigenvalue weighted by Gasteiger charge is -2.19. The van der Waals surface area contributed by atoms with Crippen molar-refractivity contribution >= 4 is 17.6 Å². The van der Waals surface area contributed by atoms with E-state index in [1.807, 2.05) is 18.2 Å². The summed E-state index contributed by atoms with van der Waals surface area (Å²) in [5.41, 5.74) is 7.18. The Kier molecular flexibility index (Phi) is 3.10. The van der Waals surface area contributed by atoms with E-state index in [0.29, 0.717) is 6.54 Å². The smallest absolute Gasteiger partial charge is 0.308 e. The summed E-state index contributed by atoms with van der Waals surface area (Å²) in [5.74, 6) is -1.70. The number of para-hydroxylation sites is 1. The Morgan fingerprint density at radius 3 is 2.76 bits per heavy atom. The molecule has 0 spiro atoms. The molecular formula is C12H14N2O3. The number of nitrogens with zero attached hydrogens (tertiary/aromatic N) is 1. The number of hydrogen-bond acceptors (Lipinski definition) is 3. The molecule has 1 unspecified atom stereocenters. The van der Waals surface area contributed by atoms with Gasteiger partial charge in [-0.1, -0.05) is 18.2 Å². The molecule has 0 aromatic heterocycles. The van der Waals surface area contributed by atoms with Gasteiger partial charge in [-0.2, -0.15) is 0 Å². The van der Waals surface area contributed by atoms with Gasteiger partial charge in [0.05, 0.1) is 5.92 Å². The number of amides is 1. The Morgan fingerprint density at radius 2 is 2.18 bits per heavy atom. The summed E-state index contributed by atoms with van der Waals surface area (Å²) in [7, 11) is 0. The highest BCUT2D eigenvalue weighted by Gasteiger charge is 2.35. The number of aliphatic carboxylic acids is 1. The van der Waals surface area contributed by atoms with Crippen molar-refractivity contribution < 1.29 is 14.7 Å². The number of carboxylic acids is 1. The molecule has 0 aliphatic carbocycles. The van der Waals surface area contributed by atoms with Crippen molar-refractivity contribution in [3.8, 4) is 0 Å². The highest BCUT2D eigenvalue weighted by Crippen LogP contribution is 2.27. The Bertz CT molecular complexity index is 459. The van der Waals surface area contributed by atoms with Gasteiger partial charge in [0, 0.05) is 25.2 Å². The van der Waals surface area contributed by atoms with Crippen LogP contribution < -0.4 is 10.6 Å². The molecule has 1 aromatic carbocycles. The maximum Gasteiger partial charge on any atom is 0.308 e. The van der Waals surface area contributed by atoms with E-state index in [4.69, 9.17) is 10.8 Å². The zero-order valence-electron chi connectivity index (χ0n) is 9.30. The zero-order valence-corrected chi connectivity index (χ0v) is 9.30. The summed E-state index contributed by atoms with van der Waals surface area (Å²) in [6.45, 7) is 0.558. The summed E-state index contributed by atoms with van der Waals surface area (Å²) in [6, 6.07) is 7.30. The summed E-state index contributed by atoms with van der Waals surface area (Å²) in [6.07, 6.45) is 0.0637. The van der Waals surface area contributed by atoms with Crippen LogP contribution in [0.2, 0.25) is 0 Å². The predicted octanol–water partition coefficient (Wildman–Crippen LogP) is 0.583. The van der Waals surface area contributed by atoms with Crippen LogP contribution in [0, 0.1) is 5.92 Å². The minimum Gasteiger partial charge on any atom is -0.481 e. The fourth-order valence-electron chi connectivity index (χ4n) is 2.05. The third-order valence-electron chi connectivity index (χ3n) is 2.98. The van der Waals surface area contributed by atoms with E-state index >= 15 is 0 Å². The van der Waals surface area contributed by atoms with Gasteiger partial charge in [0.2, 0.25) is 5.91 Å². The van der Waals surface area contributed by atoms with Crippen LogP contribution in [0.4, 0.5) is 5.69 Å². The average Bonchev–Trinajstić information content (AvgIpc) is 2.71. The van der Waals surface area contributed by atoms with Gasteiger partial charge < -0.3 is 15.7 Å². The Balaban J connectivity index is 2.29. The molecule has 5 nitrogen and oxygen atoms in total. The van der Waals surface area contributed by atoms with E-state index in [0.717, 1.165) is 11.3 Å². The molecular weight excluding hydrogens is 220 g/mol. The van der Waals surface area contributed by atoms with E-state index in [1.54, 1.807) is 6.07 Å². The first-order chi connectivity index (χ1) is 8.13. The van der Waals surface area contributed by atoms with Gasteiger partial charge in [0.25, 0.3) is 0 Å². The zero-order chi connectivity index (χ0) is 12.4. The van der Waals surface area contributed by atoms with Crippen molar-refractivity contribution in [3.63, 3.8) is 0 Å². The fourth-order valence-corrected chi connectivity index (χ4v) is 2.05. The molecule has 1 aliphatic rings. The highest BCUT2D eigenvalue weighted by molar-refractivity contribution is 5.99. The van der Waals surface area contributed by atoms with Gasteiger partial charge in [-0.05, 0) is 11.6 Å². The van der Waals surface area contributed by atoms with Crippen molar-refractivity contribution in [2.24, 2.45) is 11.7 Å². The molecule has 3 N–H and O–H groups in total. The number of carboxylic acid groups (broad SMARTS) is 1. The maximum absolute atomic E-state index is 11.8. The van der Waals surface area contributed by atoms with E-state index in [-0.39, 0.29) is 18.9 Å². The first-order valence-electron chi connectivity index (χ1n) is 5.44. The first kappa shape index (κ1) is 11.6. The van der Waals surface area contributed by atoms with Crippen LogP contribution in [0.3, 0.4) is 0 Å². The maximum atomic E-state index is 11.8. The van der Waals surface area contributed by atoms with Crippen LogP contribution in [0.1, 0.15) is 12.0 Å². The topological polar surface area (TPSA) is 83.6 Å². The molecule has 0 radical (unpaired) electrons. The van der Waals surface area contributed by atoms with Gasteiger partial charge in [-0.25, -0.2) is 0 Å². The third-order valence-corrected chi connectivity index (χ3v) is 2.98. The molecule has 1 amide bonds. The van der Waals surface area contributed by atoms with E-state index in [9.17, 15) is 9.59 Å². The average molecular weight is 234 g/mol. The first-order valence-corrected chi connectivity index (χ1v) is 5.44. The highest BCUT2D eigenvalue weighted by atomic mass is 16.4. The van der Waals surface area contributed by atoms with Crippen molar-refractivity contribution in [1.29, 1.82) is 0 Å². The van der Waals surface area contributed by atoms with Crippen molar-refractivity contribution in [3.05, 3.63) is 29.8 Å². The number of carbonyl (C=O) groups excluding carboxylic acids is 1. The van der Waals surface area contributed by atoms with Crippen LogP contribution >= 0.6 is 0 Å². The second kappa shape index (κ2) is 4.55. The van der Waals surface area contributed by atoms with Gasteiger partial charge in [-0.3, -0.25) is 9.59 Å². The van der Waals surface area contributed by atoms with Crippen molar-refractivity contribution in [2.45, 2.75) is 13.0 Å². The molecule has 1 aliphatic heterocycles. The van der Waals surface area contributed by atoms with Crippen molar-refractivity contribution in [1.82, 2.24) is 0 Å². The predicted molar refractivity (Wildman–Crippen MR) is 62.4 cm³/mol. The minimum atomic E-state index is -0.925. The molecule has 0 saturated carbocycles. The van der Waals surface area contributed by atoms with Gasteiger partial charge in [0.15, 0.2) is 0 Å². The van der Waals surface area contributed by atoms with E-state index in [2.05, 4.69) is 0 Å². The summed E-state index contributed by atoms with van der Waals surface area (Å²) in [5, 5.41) is 8.92. The molecule has 1 atom stereocenters. The Hall–Kier alpha value is -1.88. The summed E-state index contributed by atoms with van der Waals surface area (Å²) in [4.78, 5) is 24.2. The van der Waals surface area contributed by atoms with Gasteiger partial charge >= 0.3 is 5.97 Å². The molecule has 0 bridgehead atoms. The lowest BCUT2D eigenvalue weighted by atomic mass is 10.1. The standard InChI is InChI=1S/C12H14N2O3/c13-6-8-3-1-2-4-10(8)14-7-9(12(16)17)5-11(14)15/h1-4,9H,5-7,13H2,(H,16,17). The monoisotopic (exact) mass is 234 g/mol. The number of rotatable bonds is 3.